The van der Waals surface area contributed by atoms with Gasteiger partial charge in [-0.25, -0.2) is 9.18 Å². The van der Waals surface area contributed by atoms with E-state index in [0.29, 0.717) is 6.07 Å². The van der Waals surface area contributed by atoms with E-state index >= 15 is 0 Å². The Labute approximate surface area is 120 Å². The molecule has 1 aromatic carbocycles. The van der Waals surface area contributed by atoms with Crippen molar-refractivity contribution in [3.05, 3.63) is 29.6 Å². The number of carbonyl (C=O) groups is 1. The summed E-state index contributed by atoms with van der Waals surface area (Å²) in [7, 11) is 0. The summed E-state index contributed by atoms with van der Waals surface area (Å²) in [5, 5.41) is 2.59. The quantitative estimate of drug-likeness (QED) is 0.663. The first-order valence-electron chi connectivity index (χ1n) is 6.46. The van der Waals surface area contributed by atoms with E-state index in [-0.39, 0.29) is 18.2 Å². The third kappa shape index (κ3) is 4.61. The molecular weight excluding hydrogens is 290 g/mol. The van der Waals surface area contributed by atoms with Gasteiger partial charge in [-0.2, -0.15) is 13.2 Å². The molecule has 0 aliphatic rings. The third-order valence-corrected chi connectivity index (χ3v) is 2.81. The van der Waals surface area contributed by atoms with Crippen molar-refractivity contribution in [2.45, 2.75) is 33.0 Å². The minimum Gasteiger partial charge on any atom is -0.464 e. The van der Waals surface area contributed by atoms with Crippen LogP contribution in [0, 0.1) is 11.7 Å². The van der Waals surface area contributed by atoms with Gasteiger partial charge in [-0.3, -0.25) is 0 Å². The first-order valence-corrected chi connectivity index (χ1v) is 6.46. The van der Waals surface area contributed by atoms with E-state index in [1.165, 1.54) is 0 Å². The van der Waals surface area contributed by atoms with Gasteiger partial charge >= 0.3 is 12.1 Å². The molecule has 1 rings (SSSR count). The van der Waals surface area contributed by atoms with Crippen molar-refractivity contribution in [3.8, 4) is 0 Å². The summed E-state index contributed by atoms with van der Waals surface area (Å²) >= 11 is 0. The molecule has 0 heterocycles. The number of rotatable bonds is 5. The van der Waals surface area contributed by atoms with Crippen LogP contribution in [0.2, 0.25) is 0 Å². The molecular formula is C14H17F4NO2. The average Bonchev–Trinajstić information content (AvgIpc) is 2.35. The van der Waals surface area contributed by atoms with Crippen molar-refractivity contribution in [2.75, 3.05) is 11.9 Å². The minimum atomic E-state index is -4.61. The largest absolute Gasteiger partial charge is 0.464 e. The molecule has 118 valence electrons. The van der Waals surface area contributed by atoms with Gasteiger partial charge in [0.25, 0.3) is 0 Å². The fraction of sp³-hybridized carbons (Fsp3) is 0.500. The maximum absolute atomic E-state index is 13.7. The second kappa shape index (κ2) is 6.78. The molecule has 0 saturated heterocycles. The molecule has 0 spiro atoms. The highest BCUT2D eigenvalue weighted by Gasteiger charge is 2.32. The van der Waals surface area contributed by atoms with Gasteiger partial charge < -0.3 is 10.1 Å². The summed E-state index contributed by atoms with van der Waals surface area (Å²) in [6.07, 6.45) is -4.61. The van der Waals surface area contributed by atoms with Gasteiger partial charge in [-0.1, -0.05) is 13.8 Å². The summed E-state index contributed by atoms with van der Waals surface area (Å²) in [6, 6.07) is 1.28. The topological polar surface area (TPSA) is 38.3 Å². The second-order valence-electron chi connectivity index (χ2n) is 4.81. The summed E-state index contributed by atoms with van der Waals surface area (Å²) in [5.41, 5.74) is -1.25. The molecule has 1 N–H and O–H groups in total. The molecule has 0 radical (unpaired) electrons. The summed E-state index contributed by atoms with van der Waals surface area (Å²) in [5.74, 6) is -1.86. The number of alkyl halides is 3. The monoisotopic (exact) mass is 307 g/mol. The van der Waals surface area contributed by atoms with Crippen molar-refractivity contribution in [1.29, 1.82) is 0 Å². The zero-order chi connectivity index (χ0) is 16.2. The smallest absolute Gasteiger partial charge is 0.416 e. The van der Waals surface area contributed by atoms with Crippen LogP contribution >= 0.6 is 0 Å². The number of carbonyl (C=O) groups excluding carboxylic acids is 1. The highest BCUT2D eigenvalue weighted by molar-refractivity contribution is 5.79. The van der Waals surface area contributed by atoms with E-state index in [9.17, 15) is 22.4 Å². The fourth-order valence-corrected chi connectivity index (χ4v) is 1.71. The number of ether oxygens (including phenoxy) is 1. The summed E-state index contributed by atoms with van der Waals surface area (Å²) < 4.78 is 56.0. The van der Waals surface area contributed by atoms with Crippen molar-refractivity contribution in [2.24, 2.45) is 5.92 Å². The highest BCUT2D eigenvalue weighted by Crippen LogP contribution is 2.31. The van der Waals surface area contributed by atoms with Crippen LogP contribution in [0.15, 0.2) is 18.2 Å². The van der Waals surface area contributed by atoms with E-state index in [4.69, 9.17) is 4.74 Å². The van der Waals surface area contributed by atoms with E-state index in [2.05, 4.69) is 5.32 Å². The third-order valence-electron chi connectivity index (χ3n) is 2.81. The van der Waals surface area contributed by atoms with E-state index in [1.807, 2.05) is 0 Å². The molecule has 21 heavy (non-hydrogen) atoms. The van der Waals surface area contributed by atoms with Crippen LogP contribution < -0.4 is 5.32 Å². The number of hydrogen-bond acceptors (Lipinski definition) is 3. The molecule has 3 nitrogen and oxygen atoms in total. The molecule has 1 unspecified atom stereocenters. The first-order chi connectivity index (χ1) is 9.66. The standard InChI is InChI=1S/C14H17F4NO2/c1-4-21-13(20)12(8(2)3)19-11-6-5-9(7-10(11)15)14(16,17)18/h5-8,12,19H,4H2,1-3H3. The van der Waals surface area contributed by atoms with Crippen LogP contribution in [0.3, 0.4) is 0 Å². The first kappa shape index (κ1) is 17.3. The molecule has 0 aliphatic heterocycles. The Hall–Kier alpha value is -1.79. The van der Waals surface area contributed by atoms with Crippen molar-refractivity contribution in [3.63, 3.8) is 0 Å². The molecule has 0 saturated carbocycles. The summed E-state index contributed by atoms with van der Waals surface area (Å²) in [4.78, 5) is 11.7. The molecule has 0 amide bonds. The predicted molar refractivity (Wildman–Crippen MR) is 70.3 cm³/mol. The Balaban J connectivity index is 2.97. The number of halogens is 4. The molecule has 0 aliphatic carbocycles. The maximum atomic E-state index is 13.7. The maximum Gasteiger partial charge on any atom is 0.416 e. The van der Waals surface area contributed by atoms with E-state index < -0.39 is 29.6 Å². The van der Waals surface area contributed by atoms with Gasteiger partial charge in [0.05, 0.1) is 17.9 Å². The van der Waals surface area contributed by atoms with E-state index in [1.54, 1.807) is 20.8 Å². The number of nitrogens with one attached hydrogen (secondary N) is 1. The Morgan fingerprint density at radius 1 is 1.33 bits per heavy atom. The van der Waals surface area contributed by atoms with Crippen molar-refractivity contribution < 1.29 is 27.1 Å². The van der Waals surface area contributed by atoms with Crippen LogP contribution in [-0.2, 0) is 15.7 Å². The lowest BCUT2D eigenvalue weighted by molar-refractivity contribution is -0.145. The SMILES string of the molecule is CCOC(=O)C(Nc1ccc(C(F)(F)F)cc1F)C(C)C. The molecule has 0 aromatic heterocycles. The molecule has 0 fully saturated rings. The van der Waals surface area contributed by atoms with Gasteiger partial charge in [0.2, 0.25) is 0 Å². The fourth-order valence-electron chi connectivity index (χ4n) is 1.71. The lowest BCUT2D eigenvalue weighted by atomic mass is 10.0. The van der Waals surface area contributed by atoms with Gasteiger partial charge in [0.15, 0.2) is 0 Å². The highest BCUT2D eigenvalue weighted by atomic mass is 19.4. The Morgan fingerprint density at radius 2 is 1.95 bits per heavy atom. The van der Waals surface area contributed by atoms with Crippen LogP contribution in [0.1, 0.15) is 26.3 Å². The normalized spacial score (nSPS) is 13.1. The molecule has 7 heteroatoms. The molecule has 1 atom stereocenters. The Bertz CT molecular complexity index is 500. The number of esters is 1. The minimum absolute atomic E-state index is 0.166. The van der Waals surface area contributed by atoms with Crippen molar-refractivity contribution >= 4 is 11.7 Å². The van der Waals surface area contributed by atoms with Crippen LogP contribution in [0.5, 0.6) is 0 Å². The van der Waals surface area contributed by atoms with Crippen LogP contribution in [0.25, 0.3) is 0 Å². The predicted octanol–water partition coefficient (Wildman–Crippen LogP) is 3.84. The number of hydrogen-bond donors (Lipinski definition) is 1. The van der Waals surface area contributed by atoms with Gasteiger partial charge in [-0.15, -0.1) is 0 Å². The van der Waals surface area contributed by atoms with Crippen molar-refractivity contribution in [1.82, 2.24) is 0 Å². The molecule has 0 bridgehead atoms. The zero-order valence-electron chi connectivity index (χ0n) is 11.9. The number of benzene rings is 1. The zero-order valence-corrected chi connectivity index (χ0v) is 11.9. The lowest BCUT2D eigenvalue weighted by Crippen LogP contribution is -2.36. The van der Waals surface area contributed by atoms with E-state index in [0.717, 1.165) is 12.1 Å². The van der Waals surface area contributed by atoms with Gasteiger partial charge in [0, 0.05) is 0 Å². The van der Waals surface area contributed by atoms with Crippen LogP contribution in [-0.4, -0.2) is 18.6 Å². The average molecular weight is 307 g/mol. The van der Waals surface area contributed by atoms with Gasteiger partial charge in [-0.05, 0) is 31.0 Å². The second-order valence-corrected chi connectivity index (χ2v) is 4.81. The Morgan fingerprint density at radius 3 is 2.38 bits per heavy atom. The van der Waals surface area contributed by atoms with Gasteiger partial charge in [0.1, 0.15) is 11.9 Å². The number of anilines is 1. The Kier molecular flexibility index (Phi) is 5.57. The molecule has 1 aromatic rings. The van der Waals surface area contributed by atoms with Crippen LogP contribution in [0.4, 0.5) is 23.2 Å². The summed E-state index contributed by atoms with van der Waals surface area (Å²) in [6.45, 7) is 5.24. The lowest BCUT2D eigenvalue weighted by Gasteiger charge is -2.22.